The van der Waals surface area contributed by atoms with E-state index in [2.05, 4.69) is 12.2 Å². The Balaban J connectivity index is 1.79. The number of benzene rings is 1. The summed E-state index contributed by atoms with van der Waals surface area (Å²) in [5.41, 5.74) is 2.22. The number of carboxylic acids is 1. The van der Waals surface area contributed by atoms with Gasteiger partial charge < -0.3 is 10.4 Å². The fourth-order valence-electron chi connectivity index (χ4n) is 3.05. The van der Waals surface area contributed by atoms with Crippen LogP contribution < -0.4 is 5.32 Å². The Morgan fingerprint density at radius 2 is 2.00 bits per heavy atom. The number of hydrogen-bond donors (Lipinski definition) is 2. The molecule has 1 aliphatic carbocycles. The third-order valence-electron chi connectivity index (χ3n) is 4.47. The zero-order valence-corrected chi connectivity index (χ0v) is 12.5. The van der Waals surface area contributed by atoms with Crippen LogP contribution in [0.4, 0.5) is 5.69 Å². The zero-order chi connectivity index (χ0) is 14.5. The van der Waals surface area contributed by atoms with E-state index in [-0.39, 0.29) is 0 Å². The topological polar surface area (TPSA) is 49.3 Å². The summed E-state index contributed by atoms with van der Waals surface area (Å²) >= 11 is 0. The van der Waals surface area contributed by atoms with Gasteiger partial charge >= 0.3 is 5.97 Å². The average molecular weight is 275 g/mol. The predicted octanol–water partition coefficient (Wildman–Crippen LogP) is 4.32. The number of nitrogens with one attached hydrogen (secondary N) is 1. The molecule has 1 saturated carbocycles. The molecule has 3 nitrogen and oxygen atoms in total. The lowest BCUT2D eigenvalue weighted by atomic mass is 9.81. The highest BCUT2D eigenvalue weighted by molar-refractivity contribution is 5.89. The molecule has 0 bridgehead atoms. The number of anilines is 1. The van der Waals surface area contributed by atoms with Crippen molar-refractivity contribution in [3.8, 4) is 0 Å². The second-order valence-corrected chi connectivity index (χ2v) is 6.18. The van der Waals surface area contributed by atoms with Gasteiger partial charge in [0.25, 0.3) is 0 Å². The van der Waals surface area contributed by atoms with Crippen molar-refractivity contribution in [1.82, 2.24) is 0 Å². The molecule has 0 saturated heterocycles. The fourth-order valence-corrected chi connectivity index (χ4v) is 3.05. The van der Waals surface area contributed by atoms with Gasteiger partial charge in [-0.05, 0) is 48.9 Å². The molecule has 0 aliphatic heterocycles. The molecule has 1 aromatic carbocycles. The molecule has 0 spiro atoms. The SMILES string of the molecule is Cc1cc(NCCC2CCC(C)CC2)ccc1C(=O)O. The van der Waals surface area contributed by atoms with Crippen molar-refractivity contribution in [1.29, 1.82) is 0 Å². The Labute approximate surface area is 121 Å². The van der Waals surface area contributed by atoms with Gasteiger partial charge in [-0.15, -0.1) is 0 Å². The van der Waals surface area contributed by atoms with Gasteiger partial charge in [0.05, 0.1) is 5.56 Å². The summed E-state index contributed by atoms with van der Waals surface area (Å²) in [4.78, 5) is 11.0. The van der Waals surface area contributed by atoms with E-state index < -0.39 is 5.97 Å². The summed E-state index contributed by atoms with van der Waals surface area (Å²) in [5.74, 6) is 0.911. The number of rotatable bonds is 5. The van der Waals surface area contributed by atoms with Crippen LogP contribution in [0.5, 0.6) is 0 Å². The van der Waals surface area contributed by atoms with Crippen LogP contribution in [-0.2, 0) is 0 Å². The van der Waals surface area contributed by atoms with Crippen LogP contribution in [-0.4, -0.2) is 17.6 Å². The molecule has 0 aromatic heterocycles. The Hall–Kier alpha value is -1.51. The molecule has 0 atom stereocenters. The lowest BCUT2D eigenvalue weighted by Crippen LogP contribution is -2.15. The maximum absolute atomic E-state index is 11.0. The van der Waals surface area contributed by atoms with Crippen LogP contribution in [0.2, 0.25) is 0 Å². The van der Waals surface area contributed by atoms with Gasteiger partial charge in [-0.1, -0.05) is 32.6 Å². The summed E-state index contributed by atoms with van der Waals surface area (Å²) in [6, 6.07) is 5.47. The lowest BCUT2D eigenvalue weighted by molar-refractivity contribution is 0.0696. The fraction of sp³-hybridized carbons (Fsp3) is 0.588. The van der Waals surface area contributed by atoms with Gasteiger partial charge in [0.2, 0.25) is 0 Å². The first-order chi connectivity index (χ1) is 9.56. The maximum atomic E-state index is 11.0. The highest BCUT2D eigenvalue weighted by Crippen LogP contribution is 2.30. The number of aromatic carboxylic acids is 1. The highest BCUT2D eigenvalue weighted by Gasteiger charge is 2.17. The highest BCUT2D eigenvalue weighted by atomic mass is 16.4. The van der Waals surface area contributed by atoms with E-state index in [0.717, 1.165) is 29.6 Å². The van der Waals surface area contributed by atoms with Crippen molar-refractivity contribution in [2.75, 3.05) is 11.9 Å². The Kier molecular flexibility index (Phi) is 5.05. The summed E-state index contributed by atoms with van der Waals surface area (Å²) in [5, 5.41) is 12.4. The monoisotopic (exact) mass is 275 g/mol. The number of aryl methyl sites for hydroxylation is 1. The number of hydrogen-bond acceptors (Lipinski definition) is 2. The first kappa shape index (κ1) is 14.9. The van der Waals surface area contributed by atoms with E-state index in [9.17, 15) is 4.79 Å². The Morgan fingerprint density at radius 1 is 1.30 bits per heavy atom. The predicted molar refractivity (Wildman–Crippen MR) is 82.4 cm³/mol. The maximum Gasteiger partial charge on any atom is 0.335 e. The number of carboxylic acid groups (broad SMARTS) is 1. The average Bonchev–Trinajstić information content (AvgIpc) is 2.41. The molecule has 110 valence electrons. The normalized spacial score (nSPS) is 22.5. The van der Waals surface area contributed by atoms with Gasteiger partial charge in [-0.2, -0.15) is 0 Å². The summed E-state index contributed by atoms with van der Waals surface area (Å²) in [6.07, 6.45) is 6.68. The first-order valence-electron chi connectivity index (χ1n) is 7.64. The minimum absolute atomic E-state index is 0.386. The molecule has 3 heteroatoms. The van der Waals surface area contributed by atoms with Gasteiger partial charge in [-0.3, -0.25) is 0 Å². The molecule has 0 amide bonds. The lowest BCUT2D eigenvalue weighted by Gasteiger charge is -2.26. The van der Waals surface area contributed by atoms with Crippen LogP contribution in [0.3, 0.4) is 0 Å². The molecule has 0 heterocycles. The van der Waals surface area contributed by atoms with Gasteiger partial charge in [-0.25, -0.2) is 4.79 Å². The molecule has 2 N–H and O–H groups in total. The van der Waals surface area contributed by atoms with E-state index in [1.807, 2.05) is 19.1 Å². The second kappa shape index (κ2) is 6.78. The summed E-state index contributed by atoms with van der Waals surface area (Å²) in [7, 11) is 0. The molecule has 20 heavy (non-hydrogen) atoms. The Morgan fingerprint density at radius 3 is 2.60 bits per heavy atom. The van der Waals surface area contributed by atoms with Gasteiger partial charge in [0.1, 0.15) is 0 Å². The van der Waals surface area contributed by atoms with Crippen molar-refractivity contribution < 1.29 is 9.90 Å². The summed E-state index contributed by atoms with van der Waals surface area (Å²) < 4.78 is 0. The third kappa shape index (κ3) is 3.99. The standard InChI is InChI=1S/C17H25NO2/c1-12-3-5-14(6-4-12)9-10-18-15-7-8-16(17(19)20)13(2)11-15/h7-8,11-12,14,18H,3-6,9-10H2,1-2H3,(H,19,20). The van der Waals surface area contributed by atoms with Crippen molar-refractivity contribution in [2.24, 2.45) is 11.8 Å². The first-order valence-corrected chi connectivity index (χ1v) is 7.64. The van der Waals surface area contributed by atoms with E-state index in [1.54, 1.807) is 6.07 Å². The molecule has 1 aliphatic rings. The van der Waals surface area contributed by atoms with Crippen molar-refractivity contribution >= 4 is 11.7 Å². The van der Waals surface area contributed by atoms with Gasteiger partial charge in [0, 0.05) is 12.2 Å². The van der Waals surface area contributed by atoms with E-state index in [4.69, 9.17) is 5.11 Å². The minimum atomic E-state index is -0.856. The van der Waals surface area contributed by atoms with Crippen LogP contribution in [0, 0.1) is 18.8 Å². The Bertz CT molecular complexity index is 462. The molecule has 1 aromatic rings. The molecular formula is C17H25NO2. The number of carbonyl (C=O) groups is 1. The summed E-state index contributed by atoms with van der Waals surface area (Å²) in [6.45, 7) is 5.17. The van der Waals surface area contributed by atoms with E-state index >= 15 is 0 Å². The van der Waals surface area contributed by atoms with Gasteiger partial charge in [0.15, 0.2) is 0 Å². The third-order valence-corrected chi connectivity index (χ3v) is 4.47. The largest absolute Gasteiger partial charge is 0.478 e. The minimum Gasteiger partial charge on any atom is -0.478 e. The van der Waals surface area contributed by atoms with Crippen LogP contribution >= 0.6 is 0 Å². The quantitative estimate of drug-likeness (QED) is 0.841. The van der Waals surface area contributed by atoms with Crippen molar-refractivity contribution in [2.45, 2.75) is 46.0 Å². The molecular weight excluding hydrogens is 250 g/mol. The van der Waals surface area contributed by atoms with Crippen molar-refractivity contribution in [3.05, 3.63) is 29.3 Å². The van der Waals surface area contributed by atoms with Crippen LogP contribution in [0.25, 0.3) is 0 Å². The molecule has 0 unspecified atom stereocenters. The van der Waals surface area contributed by atoms with Crippen molar-refractivity contribution in [3.63, 3.8) is 0 Å². The smallest absolute Gasteiger partial charge is 0.335 e. The molecule has 1 fully saturated rings. The van der Waals surface area contributed by atoms with E-state index in [0.29, 0.717) is 5.56 Å². The molecule has 2 rings (SSSR count). The molecule has 0 radical (unpaired) electrons. The zero-order valence-electron chi connectivity index (χ0n) is 12.5. The second-order valence-electron chi connectivity index (χ2n) is 6.18. The van der Waals surface area contributed by atoms with Crippen LogP contribution in [0.15, 0.2) is 18.2 Å². The van der Waals surface area contributed by atoms with E-state index in [1.165, 1.54) is 32.1 Å². The van der Waals surface area contributed by atoms with Crippen LogP contribution in [0.1, 0.15) is 54.9 Å².